The summed E-state index contributed by atoms with van der Waals surface area (Å²) in [6, 6.07) is 9.03. The minimum absolute atomic E-state index is 0.00604. The molecular formula is C19H22N3O5+. The van der Waals surface area contributed by atoms with Crippen molar-refractivity contribution in [3.8, 4) is 11.5 Å². The maximum atomic E-state index is 12.3. The number of carbonyl (C=O) groups is 2. The number of nitrogens with one attached hydrogen (secondary N) is 2. The molecule has 1 saturated heterocycles. The van der Waals surface area contributed by atoms with E-state index < -0.39 is 0 Å². The van der Waals surface area contributed by atoms with Gasteiger partial charge in [-0.2, -0.15) is 0 Å². The van der Waals surface area contributed by atoms with Crippen LogP contribution in [-0.2, 0) is 11.3 Å². The van der Waals surface area contributed by atoms with E-state index in [4.69, 9.17) is 13.9 Å². The van der Waals surface area contributed by atoms with E-state index in [1.54, 1.807) is 17.0 Å². The molecule has 27 heavy (non-hydrogen) atoms. The monoisotopic (exact) mass is 372 g/mol. The molecule has 0 unspecified atom stereocenters. The molecule has 0 bridgehead atoms. The highest BCUT2D eigenvalue weighted by atomic mass is 16.7. The molecule has 0 saturated carbocycles. The molecule has 142 valence electrons. The Morgan fingerprint density at radius 3 is 2.70 bits per heavy atom. The Morgan fingerprint density at radius 1 is 1.11 bits per heavy atom. The second-order valence-corrected chi connectivity index (χ2v) is 6.66. The number of quaternary nitrogens is 1. The number of amides is 2. The molecule has 2 amide bonds. The second-order valence-electron chi connectivity index (χ2n) is 6.66. The van der Waals surface area contributed by atoms with Crippen LogP contribution in [0, 0.1) is 0 Å². The van der Waals surface area contributed by atoms with E-state index in [1.807, 2.05) is 18.2 Å². The number of furan rings is 1. The van der Waals surface area contributed by atoms with Gasteiger partial charge in [0, 0.05) is 6.54 Å². The van der Waals surface area contributed by atoms with Crippen LogP contribution in [0.5, 0.6) is 11.5 Å². The quantitative estimate of drug-likeness (QED) is 0.751. The lowest BCUT2D eigenvalue weighted by molar-refractivity contribution is -0.896. The third kappa shape index (κ3) is 4.06. The normalized spacial score (nSPS) is 16.4. The van der Waals surface area contributed by atoms with Crippen LogP contribution in [0.15, 0.2) is 41.0 Å². The molecule has 4 rings (SSSR count). The smallest absolute Gasteiger partial charge is 0.289 e. The van der Waals surface area contributed by atoms with Crippen LogP contribution in [0.25, 0.3) is 0 Å². The van der Waals surface area contributed by atoms with E-state index in [9.17, 15) is 9.59 Å². The maximum Gasteiger partial charge on any atom is 0.289 e. The molecule has 2 N–H and O–H groups in total. The standard InChI is InChI=1S/C19H21N3O5/c23-18(20-11-14-3-4-15-17(10-14)27-13-26-15)12-21-5-7-22(8-6-21)19(24)16-2-1-9-25-16/h1-4,9-10H,5-8,11-13H2,(H,20,23)/p+1. The van der Waals surface area contributed by atoms with Crippen molar-refractivity contribution in [2.45, 2.75) is 6.54 Å². The minimum atomic E-state index is -0.0914. The lowest BCUT2D eigenvalue weighted by atomic mass is 10.2. The van der Waals surface area contributed by atoms with Gasteiger partial charge in [0.1, 0.15) is 0 Å². The molecule has 0 aliphatic carbocycles. The Morgan fingerprint density at radius 2 is 1.93 bits per heavy atom. The van der Waals surface area contributed by atoms with Crippen molar-refractivity contribution < 1.29 is 28.4 Å². The average molecular weight is 372 g/mol. The Labute approximate surface area is 156 Å². The van der Waals surface area contributed by atoms with E-state index in [0.29, 0.717) is 37.7 Å². The molecular weight excluding hydrogens is 350 g/mol. The summed E-state index contributed by atoms with van der Waals surface area (Å²) in [5.41, 5.74) is 0.969. The molecule has 1 aromatic carbocycles. The predicted molar refractivity (Wildman–Crippen MR) is 94.6 cm³/mol. The summed E-state index contributed by atoms with van der Waals surface area (Å²) >= 11 is 0. The number of hydrogen-bond donors (Lipinski definition) is 2. The maximum absolute atomic E-state index is 12.3. The van der Waals surface area contributed by atoms with Crippen LogP contribution in [0.4, 0.5) is 0 Å². The van der Waals surface area contributed by atoms with Crippen LogP contribution < -0.4 is 19.7 Å². The fraction of sp³-hybridized carbons (Fsp3) is 0.368. The van der Waals surface area contributed by atoms with Gasteiger partial charge in [-0.1, -0.05) is 6.07 Å². The summed E-state index contributed by atoms with van der Waals surface area (Å²) in [6.07, 6.45) is 1.50. The minimum Gasteiger partial charge on any atom is -0.459 e. The van der Waals surface area contributed by atoms with Crippen molar-refractivity contribution in [3.63, 3.8) is 0 Å². The summed E-state index contributed by atoms with van der Waals surface area (Å²) in [5, 5.41) is 2.94. The molecule has 1 aromatic heterocycles. The SMILES string of the molecule is O=C(C[NH+]1CCN(C(=O)c2ccco2)CC1)NCc1ccc2c(c1)OCO2. The first-order chi connectivity index (χ1) is 13.2. The zero-order chi connectivity index (χ0) is 18.6. The van der Waals surface area contributed by atoms with Crippen molar-refractivity contribution in [3.05, 3.63) is 47.9 Å². The Hall–Kier alpha value is -3.00. The zero-order valence-electron chi connectivity index (χ0n) is 14.9. The molecule has 0 radical (unpaired) electrons. The number of benzene rings is 1. The third-order valence-corrected chi connectivity index (χ3v) is 4.83. The first kappa shape index (κ1) is 17.4. The van der Waals surface area contributed by atoms with Crippen LogP contribution >= 0.6 is 0 Å². The lowest BCUT2D eigenvalue weighted by Crippen LogP contribution is -3.15. The predicted octanol–water partition coefficient (Wildman–Crippen LogP) is -0.335. The summed E-state index contributed by atoms with van der Waals surface area (Å²) in [4.78, 5) is 27.4. The molecule has 8 nitrogen and oxygen atoms in total. The molecule has 0 atom stereocenters. The van der Waals surface area contributed by atoms with Crippen molar-refractivity contribution in [2.75, 3.05) is 39.5 Å². The summed E-state index contributed by atoms with van der Waals surface area (Å²) in [6.45, 7) is 3.80. The van der Waals surface area contributed by atoms with Crippen LogP contribution in [0.2, 0.25) is 0 Å². The van der Waals surface area contributed by atoms with Gasteiger partial charge in [-0.25, -0.2) is 0 Å². The first-order valence-electron chi connectivity index (χ1n) is 9.00. The van der Waals surface area contributed by atoms with Gasteiger partial charge in [-0.3, -0.25) is 9.59 Å². The molecule has 2 aliphatic heterocycles. The Balaban J connectivity index is 1.21. The average Bonchev–Trinajstić information content (AvgIpc) is 3.38. The van der Waals surface area contributed by atoms with Gasteiger partial charge in [0.25, 0.3) is 11.8 Å². The number of ether oxygens (including phenoxy) is 2. The number of piperazine rings is 1. The summed E-state index contributed by atoms with van der Waals surface area (Å²) in [5.74, 6) is 1.71. The lowest BCUT2D eigenvalue weighted by Gasteiger charge is -2.31. The van der Waals surface area contributed by atoms with Gasteiger partial charge in [0.2, 0.25) is 6.79 Å². The van der Waals surface area contributed by atoms with Gasteiger partial charge in [-0.15, -0.1) is 0 Å². The van der Waals surface area contributed by atoms with E-state index >= 15 is 0 Å². The summed E-state index contributed by atoms with van der Waals surface area (Å²) in [7, 11) is 0. The fourth-order valence-electron chi connectivity index (χ4n) is 3.30. The van der Waals surface area contributed by atoms with Crippen molar-refractivity contribution in [1.29, 1.82) is 0 Å². The highest BCUT2D eigenvalue weighted by Gasteiger charge is 2.27. The Kier molecular flexibility index (Phi) is 4.97. The number of rotatable bonds is 5. The second kappa shape index (κ2) is 7.71. The van der Waals surface area contributed by atoms with Crippen molar-refractivity contribution in [1.82, 2.24) is 10.2 Å². The highest BCUT2D eigenvalue weighted by Crippen LogP contribution is 2.32. The molecule has 2 aliphatic rings. The molecule has 3 heterocycles. The van der Waals surface area contributed by atoms with Gasteiger partial charge in [0.05, 0.1) is 32.4 Å². The van der Waals surface area contributed by atoms with E-state index in [2.05, 4.69) is 5.32 Å². The molecule has 0 spiro atoms. The van der Waals surface area contributed by atoms with Crippen LogP contribution in [0.1, 0.15) is 16.1 Å². The van der Waals surface area contributed by atoms with Gasteiger partial charge in [0.15, 0.2) is 23.8 Å². The van der Waals surface area contributed by atoms with Crippen molar-refractivity contribution in [2.24, 2.45) is 0 Å². The van der Waals surface area contributed by atoms with Crippen LogP contribution in [0.3, 0.4) is 0 Å². The fourth-order valence-corrected chi connectivity index (χ4v) is 3.30. The van der Waals surface area contributed by atoms with Crippen molar-refractivity contribution >= 4 is 11.8 Å². The van der Waals surface area contributed by atoms with Crippen LogP contribution in [-0.4, -0.2) is 56.2 Å². The number of nitrogens with zero attached hydrogens (tertiary/aromatic N) is 1. The third-order valence-electron chi connectivity index (χ3n) is 4.83. The zero-order valence-corrected chi connectivity index (χ0v) is 14.9. The van der Waals surface area contributed by atoms with E-state index in [1.165, 1.54) is 11.2 Å². The number of fused-ring (bicyclic) bond motifs is 1. The number of hydrogen-bond acceptors (Lipinski definition) is 5. The van der Waals surface area contributed by atoms with Gasteiger partial charge >= 0.3 is 0 Å². The van der Waals surface area contributed by atoms with Gasteiger partial charge in [-0.05, 0) is 29.8 Å². The largest absolute Gasteiger partial charge is 0.459 e. The van der Waals surface area contributed by atoms with E-state index in [0.717, 1.165) is 24.4 Å². The Bertz CT molecular complexity index is 813. The molecule has 2 aromatic rings. The topological polar surface area (TPSA) is 85.5 Å². The van der Waals surface area contributed by atoms with Gasteiger partial charge < -0.3 is 29.0 Å². The molecule has 8 heteroatoms. The molecule has 1 fully saturated rings. The van der Waals surface area contributed by atoms with E-state index in [-0.39, 0.29) is 18.6 Å². The number of carbonyl (C=O) groups excluding carboxylic acids is 2. The summed E-state index contributed by atoms with van der Waals surface area (Å²) < 4.78 is 15.8. The first-order valence-corrected chi connectivity index (χ1v) is 9.00. The highest BCUT2D eigenvalue weighted by molar-refractivity contribution is 5.91.